The zero-order valence-corrected chi connectivity index (χ0v) is 32.3. The number of ether oxygens (including phenoxy) is 3. The van der Waals surface area contributed by atoms with Gasteiger partial charge in [0.1, 0.15) is 6.04 Å². The summed E-state index contributed by atoms with van der Waals surface area (Å²) in [5.41, 5.74) is 7.91. The predicted molar refractivity (Wildman–Crippen MR) is 192 cm³/mol. The third-order valence-electron chi connectivity index (χ3n) is 14.1. The van der Waals surface area contributed by atoms with Crippen LogP contribution in [-0.2, 0) is 34.1 Å². The van der Waals surface area contributed by atoms with Gasteiger partial charge in [0.25, 0.3) is 0 Å². The quantitative estimate of drug-likeness (QED) is 0.228. The van der Waals surface area contributed by atoms with E-state index in [0.717, 1.165) is 68.1 Å². The van der Waals surface area contributed by atoms with E-state index >= 15 is 0 Å². The topological polar surface area (TPSA) is 151 Å². The Morgan fingerprint density at radius 3 is 2.08 bits per heavy atom. The monoisotopic (exact) mass is 712 g/mol. The number of primary amides is 1. The lowest BCUT2D eigenvalue weighted by atomic mass is 9.32. The fraction of sp³-hybridized carbons (Fsp3) is 0.718. The molecule has 0 bridgehead atoms. The van der Waals surface area contributed by atoms with Crippen LogP contribution in [-0.4, -0.2) is 48.6 Å². The maximum atomic E-state index is 12.8. The molecule has 11 heteroatoms. The van der Waals surface area contributed by atoms with Crippen molar-refractivity contribution in [1.29, 1.82) is 0 Å². The van der Waals surface area contributed by atoms with E-state index in [2.05, 4.69) is 33.0 Å². The summed E-state index contributed by atoms with van der Waals surface area (Å²) < 4.78 is 16.5. The second-order valence-corrected chi connectivity index (χ2v) is 18.2. The Balaban J connectivity index is 1.68. The minimum Gasteiger partial charge on any atom is -0.467 e. The Kier molecular flexibility index (Phi) is 10.0. The molecule has 0 spiro atoms. The molecule has 276 valence electrons. The van der Waals surface area contributed by atoms with Crippen molar-refractivity contribution < 1.29 is 38.2 Å². The highest BCUT2D eigenvalue weighted by Crippen LogP contribution is 2.76. The van der Waals surface area contributed by atoms with Crippen LogP contribution in [0.2, 0.25) is 0 Å². The second-order valence-electron chi connectivity index (χ2n) is 17.0. The van der Waals surface area contributed by atoms with Crippen LogP contribution in [0.15, 0.2) is 6.07 Å². The van der Waals surface area contributed by atoms with Gasteiger partial charge >= 0.3 is 17.9 Å². The van der Waals surface area contributed by atoms with Gasteiger partial charge in [-0.05, 0) is 109 Å². The van der Waals surface area contributed by atoms with Gasteiger partial charge in [-0.3, -0.25) is 19.2 Å². The van der Waals surface area contributed by atoms with E-state index in [4.69, 9.17) is 19.9 Å². The lowest BCUT2D eigenvalue weighted by molar-refractivity contribution is -0.211. The molecule has 10 nitrogen and oxygen atoms in total. The summed E-state index contributed by atoms with van der Waals surface area (Å²) >= 11 is 1.59. The van der Waals surface area contributed by atoms with Crippen molar-refractivity contribution in [2.75, 3.05) is 12.9 Å². The van der Waals surface area contributed by atoms with E-state index in [-0.39, 0.29) is 61.9 Å². The van der Waals surface area contributed by atoms with Crippen LogP contribution >= 0.6 is 11.8 Å². The van der Waals surface area contributed by atoms with Crippen molar-refractivity contribution in [3.8, 4) is 11.5 Å². The largest absolute Gasteiger partial charge is 0.467 e. The number of methoxy groups -OCH3 is 1. The first-order valence-electron chi connectivity index (χ1n) is 18.0. The molecule has 5 rings (SSSR count). The van der Waals surface area contributed by atoms with Crippen molar-refractivity contribution in [3.05, 3.63) is 22.8 Å². The summed E-state index contributed by atoms with van der Waals surface area (Å²) in [5.74, 6) is -0.877. The predicted octanol–water partition coefficient (Wildman–Crippen LogP) is 6.47. The number of rotatable bonds is 8. The van der Waals surface area contributed by atoms with Crippen LogP contribution in [0.3, 0.4) is 0 Å². The maximum Gasteiger partial charge on any atom is 0.329 e. The van der Waals surface area contributed by atoms with Crippen molar-refractivity contribution in [2.24, 2.45) is 39.2 Å². The van der Waals surface area contributed by atoms with Gasteiger partial charge in [0, 0.05) is 42.8 Å². The molecule has 0 saturated heterocycles. The maximum absolute atomic E-state index is 12.8. The standard InChI is InChI=1S/C39H56N2O8S/c1-21-31-25(17-27(48-23(3)43)32(21)49-24(4)44)37(7)14-16-39(9)30-19-36(6,34(40)46)12-11-35(30,5)13-15-38(39,8)29(37)18-28(31)50-20-26(33(45)47-10)41-22(2)42/h17,26,28-30H,11-16,18-20H2,1-10H3,(H2,40,46)(H,41,42)/t26-,28?,29?,30+,35+,36+,37-,38+,39-/m0/s1. The Morgan fingerprint density at radius 1 is 0.900 bits per heavy atom. The molecule has 0 aromatic heterocycles. The summed E-state index contributed by atoms with van der Waals surface area (Å²) in [6.45, 7) is 17.7. The van der Waals surface area contributed by atoms with Crippen LogP contribution in [0.4, 0.5) is 0 Å². The molecule has 0 radical (unpaired) electrons. The number of carbonyl (C=O) groups excluding carboxylic acids is 5. The van der Waals surface area contributed by atoms with E-state index in [0.29, 0.717) is 5.92 Å². The molecule has 4 aliphatic carbocycles. The molecule has 1 aromatic carbocycles. The molecule has 2 amide bonds. The van der Waals surface area contributed by atoms with Gasteiger partial charge in [-0.25, -0.2) is 4.79 Å². The van der Waals surface area contributed by atoms with Crippen LogP contribution < -0.4 is 20.5 Å². The van der Waals surface area contributed by atoms with Gasteiger partial charge in [0.15, 0.2) is 11.5 Å². The Hall–Kier alpha value is -3.08. The van der Waals surface area contributed by atoms with Gasteiger partial charge in [0.05, 0.1) is 7.11 Å². The van der Waals surface area contributed by atoms with Crippen molar-refractivity contribution in [3.63, 3.8) is 0 Å². The number of hydrogen-bond donors (Lipinski definition) is 2. The van der Waals surface area contributed by atoms with Crippen molar-refractivity contribution in [1.82, 2.24) is 5.32 Å². The molecule has 4 aliphatic rings. The Labute approximate surface area is 301 Å². The van der Waals surface area contributed by atoms with E-state index in [1.807, 2.05) is 19.9 Å². The number of nitrogens with one attached hydrogen (secondary N) is 1. The molecule has 9 atom stereocenters. The number of esters is 3. The number of amides is 2. The van der Waals surface area contributed by atoms with Crippen molar-refractivity contribution in [2.45, 2.75) is 130 Å². The minimum atomic E-state index is -0.843. The number of fused-ring (bicyclic) bond motifs is 7. The van der Waals surface area contributed by atoms with Gasteiger partial charge in [-0.2, -0.15) is 11.8 Å². The van der Waals surface area contributed by atoms with Crippen LogP contribution in [0.25, 0.3) is 0 Å². The average Bonchev–Trinajstić information content (AvgIpc) is 3.02. The van der Waals surface area contributed by atoms with Gasteiger partial charge in [-0.1, -0.05) is 34.6 Å². The highest BCUT2D eigenvalue weighted by Gasteiger charge is 2.69. The zero-order chi connectivity index (χ0) is 37.2. The van der Waals surface area contributed by atoms with Gasteiger partial charge in [-0.15, -0.1) is 0 Å². The minimum absolute atomic E-state index is 0.0792. The van der Waals surface area contributed by atoms with Crippen LogP contribution in [0.1, 0.15) is 129 Å². The average molecular weight is 713 g/mol. The first-order chi connectivity index (χ1) is 23.2. The number of carbonyl (C=O) groups is 5. The van der Waals surface area contributed by atoms with Gasteiger partial charge in [0.2, 0.25) is 11.8 Å². The number of hydrogen-bond acceptors (Lipinski definition) is 9. The summed E-state index contributed by atoms with van der Waals surface area (Å²) in [6, 6.07) is 1.07. The van der Waals surface area contributed by atoms with Crippen molar-refractivity contribution >= 4 is 41.5 Å². The highest BCUT2D eigenvalue weighted by atomic mass is 32.2. The molecular weight excluding hydrogens is 657 g/mol. The molecule has 0 heterocycles. The first kappa shape index (κ1) is 38.2. The first-order valence-corrected chi connectivity index (χ1v) is 19.0. The zero-order valence-electron chi connectivity index (χ0n) is 31.5. The fourth-order valence-electron chi connectivity index (χ4n) is 11.0. The summed E-state index contributed by atoms with van der Waals surface area (Å²) in [4.78, 5) is 62.5. The molecule has 50 heavy (non-hydrogen) atoms. The SMILES string of the molecule is COC(=O)[C@H](CSC1CC2[C@@](C)(CC[C@@]3(C)[C@@H]4C[C@](C)(C(N)=O)CC[C@]4(C)CC[C@]23C)c2cc(OC(C)=O)c(OC(C)=O)c(C)c21)NC(C)=O. The molecular formula is C39H56N2O8S. The number of thioether (sulfide) groups is 1. The van der Waals surface area contributed by atoms with E-state index in [9.17, 15) is 24.0 Å². The Bertz CT molecular complexity index is 1610. The third-order valence-corrected chi connectivity index (χ3v) is 15.4. The normalized spacial score (nSPS) is 36.3. The lowest BCUT2D eigenvalue weighted by Crippen LogP contribution is -2.66. The smallest absolute Gasteiger partial charge is 0.329 e. The lowest BCUT2D eigenvalue weighted by Gasteiger charge is -2.72. The highest BCUT2D eigenvalue weighted by molar-refractivity contribution is 7.99. The third kappa shape index (κ3) is 6.13. The van der Waals surface area contributed by atoms with E-state index in [1.54, 1.807) is 11.8 Å². The summed E-state index contributed by atoms with van der Waals surface area (Å²) in [6.07, 6.45) is 7.31. The van der Waals surface area contributed by atoms with Gasteiger partial charge < -0.3 is 25.3 Å². The molecule has 3 saturated carbocycles. The summed E-state index contributed by atoms with van der Waals surface area (Å²) in [7, 11) is 1.31. The number of nitrogens with two attached hydrogens (primary N) is 1. The molecule has 1 aromatic rings. The van der Waals surface area contributed by atoms with E-state index < -0.39 is 29.4 Å². The van der Waals surface area contributed by atoms with Crippen LogP contribution in [0, 0.1) is 40.4 Å². The molecule has 0 aliphatic heterocycles. The molecule has 2 unspecified atom stereocenters. The second kappa shape index (κ2) is 13.2. The molecule has 3 N–H and O–H groups in total. The number of benzene rings is 1. The molecule has 3 fully saturated rings. The Morgan fingerprint density at radius 2 is 1.50 bits per heavy atom. The van der Waals surface area contributed by atoms with E-state index in [1.165, 1.54) is 27.9 Å². The van der Waals surface area contributed by atoms with Crippen LogP contribution in [0.5, 0.6) is 11.5 Å². The fourth-order valence-corrected chi connectivity index (χ4v) is 12.4. The summed E-state index contributed by atoms with van der Waals surface area (Å²) in [5, 5.41) is 2.61.